The number of phenols is 1. The molecule has 0 spiro atoms. The second kappa shape index (κ2) is 31.8. The predicted octanol–water partition coefficient (Wildman–Crippen LogP) is 24.5. The standard InChI is InChI=1S/C30H39S.C26H31S.C18H15OS.C18H14OS/c1-28(2,3)22-10-16-25(17-11-22)31(26-18-12-23(13-19-26)29(4,5)6)27-20-14-24(15-21-27)30(7,8)9;1-25(2,3)20-12-16-23(17-13-20)27(22-10-8-7-9-11-22)24-18-14-21(15-19-24)26(4,5)6;1-2-8-14(9-3-1)20-17-12-6-4-10-15(17)19-16-11-5-7-13-18(16)20;19-15-11-13-18(14-12-15)20(16-7-3-1-4-8-16)17-9-5-2-6-10-17/h10-21H,1-9H3;7-19H,1-6H3;1-13,15,17H;1-14H/q3*+1;/p+1. The van der Waals surface area contributed by atoms with Gasteiger partial charge in [0.25, 0.3) is 0 Å². The average Bonchev–Trinajstić information content (AvgIpc) is 0.798. The van der Waals surface area contributed by atoms with E-state index in [-0.39, 0.29) is 76.8 Å². The van der Waals surface area contributed by atoms with Gasteiger partial charge in [0.2, 0.25) is 4.90 Å². The minimum Gasteiger partial charge on any atom is -0.508 e. The molecule has 6 heteroatoms. The lowest BCUT2D eigenvalue weighted by atomic mass is 9.87. The summed E-state index contributed by atoms with van der Waals surface area (Å²) in [5, 5.41) is 9.88. The molecule has 3 unspecified atom stereocenters. The van der Waals surface area contributed by atoms with E-state index in [1.165, 1.54) is 81.7 Å². The quantitative estimate of drug-likeness (QED) is 0.138. The highest BCUT2D eigenvalue weighted by atomic mass is 32.2. The van der Waals surface area contributed by atoms with Gasteiger partial charge < -0.3 is 9.84 Å². The van der Waals surface area contributed by atoms with E-state index in [2.05, 4.69) is 377 Å². The van der Waals surface area contributed by atoms with Gasteiger partial charge in [-0.25, -0.2) is 0 Å². The molecule has 98 heavy (non-hydrogen) atoms. The van der Waals surface area contributed by atoms with Gasteiger partial charge in [-0.3, -0.25) is 0 Å². The fourth-order valence-electron chi connectivity index (χ4n) is 11.7. The average molecular weight is 1370 g/mol. The number of phenolic OH excluding ortho intramolecular Hbond substituents is 1. The van der Waals surface area contributed by atoms with Gasteiger partial charge >= 0.3 is 0 Å². The summed E-state index contributed by atoms with van der Waals surface area (Å²) in [7, 11) is -0.301. The van der Waals surface area contributed by atoms with Crippen LogP contribution in [0.25, 0.3) is 0 Å². The first-order valence-corrected chi connectivity index (χ1v) is 39.3. The van der Waals surface area contributed by atoms with Crippen molar-refractivity contribution < 1.29 is 9.84 Å². The first kappa shape index (κ1) is 72.6. The van der Waals surface area contributed by atoms with Crippen molar-refractivity contribution in [3.63, 3.8) is 0 Å². The molecule has 11 aromatic carbocycles. The maximum absolute atomic E-state index is 9.48. The van der Waals surface area contributed by atoms with Crippen LogP contribution in [0, 0.1) is 0 Å². The summed E-state index contributed by atoms with van der Waals surface area (Å²) in [6.07, 6.45) is 8.84. The van der Waals surface area contributed by atoms with Crippen LogP contribution in [0.4, 0.5) is 0 Å². The van der Waals surface area contributed by atoms with Gasteiger partial charge in [-0.05, 0) is 213 Å². The molecule has 0 saturated carbocycles. The monoisotopic (exact) mass is 1360 g/mol. The Morgan fingerprint density at radius 1 is 0.276 bits per heavy atom. The van der Waals surface area contributed by atoms with E-state index in [1.54, 1.807) is 12.1 Å². The third-order valence-corrected chi connectivity index (χ3v) is 26.7. The summed E-state index contributed by atoms with van der Waals surface area (Å²) < 4.78 is 6.16. The largest absolute Gasteiger partial charge is 0.508 e. The van der Waals surface area contributed by atoms with Crippen LogP contribution in [0.3, 0.4) is 0 Å². The van der Waals surface area contributed by atoms with Crippen molar-refractivity contribution in [3.05, 3.63) is 343 Å². The Morgan fingerprint density at radius 3 is 0.816 bits per heavy atom. The van der Waals surface area contributed by atoms with Crippen molar-refractivity contribution in [2.24, 2.45) is 0 Å². The Balaban J connectivity index is 0.000000144. The molecule has 1 aliphatic carbocycles. The second-order valence-electron chi connectivity index (χ2n) is 30.1. The lowest BCUT2D eigenvalue weighted by Gasteiger charge is -2.30. The van der Waals surface area contributed by atoms with Gasteiger partial charge in [0.15, 0.2) is 66.1 Å². The molecule has 500 valence electrons. The number of allylic oxidation sites excluding steroid dienone is 2. The molecule has 11 aromatic rings. The van der Waals surface area contributed by atoms with Gasteiger partial charge in [0.1, 0.15) is 5.75 Å². The van der Waals surface area contributed by atoms with Crippen molar-refractivity contribution in [3.8, 4) is 11.5 Å². The number of ether oxygens (including phenoxy) is 1. The third-order valence-electron chi connectivity index (χ3n) is 17.4. The van der Waals surface area contributed by atoms with Crippen LogP contribution >= 0.6 is 0 Å². The molecule has 1 aliphatic heterocycles. The van der Waals surface area contributed by atoms with E-state index < -0.39 is 0 Å². The lowest BCUT2D eigenvalue weighted by molar-refractivity contribution is 0.242. The van der Waals surface area contributed by atoms with Gasteiger partial charge in [-0.1, -0.05) is 262 Å². The SMILES string of the molecule is C1=CC2Oc3ccccc3[S+](c3ccccc3)C2C=C1.CC(C)(C)c1ccc([S+](c2ccc(C(C)(C)C)cc2)c2ccc(C(C)(C)C)cc2)cc1.CC(C)(C)c1ccc([S+](c2ccccc2)c2ccc(C(C)(C)C)cc2)cc1.Oc1ccc([S+](c2ccccc2)c2ccccc2)cc1. The van der Waals surface area contributed by atoms with Gasteiger partial charge in [0, 0.05) is 0 Å². The zero-order valence-corrected chi connectivity index (χ0v) is 63.4. The van der Waals surface area contributed by atoms with Crippen LogP contribution < -0.4 is 4.74 Å². The molecule has 0 radical (unpaired) electrons. The van der Waals surface area contributed by atoms with Crippen molar-refractivity contribution in [2.75, 3.05) is 0 Å². The minimum atomic E-state index is -0.134. The van der Waals surface area contributed by atoms with Crippen molar-refractivity contribution in [2.45, 2.75) is 196 Å². The van der Waals surface area contributed by atoms with E-state index in [0.29, 0.717) is 11.0 Å². The summed E-state index contributed by atoms with van der Waals surface area (Å²) in [5.74, 6) is 1.33. The van der Waals surface area contributed by atoms with E-state index in [9.17, 15) is 5.11 Å². The van der Waals surface area contributed by atoms with Crippen LogP contribution in [0.1, 0.15) is 132 Å². The zero-order chi connectivity index (χ0) is 69.8. The topological polar surface area (TPSA) is 29.5 Å². The maximum atomic E-state index is 9.48. The first-order valence-electron chi connectivity index (χ1n) is 34.3. The summed E-state index contributed by atoms with van der Waals surface area (Å²) in [4.78, 5) is 14.7. The summed E-state index contributed by atoms with van der Waals surface area (Å²) >= 11 is 0. The number of rotatable bonds is 10. The molecule has 0 amide bonds. The smallest absolute Gasteiger partial charge is 0.203 e. The molecule has 1 heterocycles. The second-order valence-corrected chi connectivity index (χ2v) is 38.3. The Bertz CT molecular complexity index is 4090. The molecule has 0 fully saturated rings. The molecule has 0 bridgehead atoms. The van der Waals surface area contributed by atoms with Crippen molar-refractivity contribution >= 4 is 43.6 Å². The molecular formula is C92H100O2S4+4. The third kappa shape index (κ3) is 18.8. The molecule has 0 aromatic heterocycles. The molecular weight excluding hydrogens is 1270 g/mol. The Labute approximate surface area is 599 Å². The van der Waals surface area contributed by atoms with Gasteiger partial charge in [-0.2, -0.15) is 0 Å². The first-order chi connectivity index (χ1) is 46.7. The summed E-state index contributed by atoms with van der Waals surface area (Å²) in [5.41, 5.74) is 7.76. The molecule has 3 atom stereocenters. The molecule has 0 saturated heterocycles. The summed E-state index contributed by atoms with van der Waals surface area (Å²) in [6, 6.07) is 105. The highest BCUT2D eigenvalue weighted by molar-refractivity contribution is 7.98. The minimum absolute atomic E-state index is 0.0375. The fraction of sp³-hybridized carbons (Fsp3) is 0.239. The van der Waals surface area contributed by atoms with Crippen molar-refractivity contribution in [1.29, 1.82) is 0 Å². The number of benzene rings is 11. The molecule has 2 nitrogen and oxygen atoms in total. The normalized spacial score (nSPS) is 15.1. The number of hydrogen-bond acceptors (Lipinski definition) is 2. The molecule has 13 rings (SSSR count). The molecule has 1 N–H and O–H groups in total. The Morgan fingerprint density at radius 2 is 0.520 bits per heavy atom. The van der Waals surface area contributed by atoms with E-state index in [0.717, 1.165) is 5.75 Å². The maximum Gasteiger partial charge on any atom is 0.203 e. The number of fused-ring (bicyclic) bond motifs is 2. The van der Waals surface area contributed by atoms with E-state index >= 15 is 0 Å². The number of aromatic hydroxyl groups is 1. The molecule has 2 aliphatic rings. The van der Waals surface area contributed by atoms with E-state index in [4.69, 9.17) is 4.74 Å². The van der Waals surface area contributed by atoms with E-state index in [1.807, 2.05) is 30.3 Å². The van der Waals surface area contributed by atoms with Crippen LogP contribution in [0.5, 0.6) is 11.5 Å². The number of para-hydroxylation sites is 1. The highest BCUT2D eigenvalue weighted by Crippen LogP contribution is 2.43. The number of hydrogen-bond donors (Lipinski definition) is 1. The Hall–Kier alpha value is -8.10. The van der Waals surface area contributed by atoms with Crippen LogP contribution in [0.2, 0.25) is 0 Å². The van der Waals surface area contributed by atoms with Gasteiger partial charge in [0.05, 0.1) is 43.6 Å². The van der Waals surface area contributed by atoms with Crippen LogP contribution in [-0.2, 0) is 70.7 Å². The zero-order valence-electron chi connectivity index (χ0n) is 60.2. The van der Waals surface area contributed by atoms with Gasteiger partial charge in [-0.15, -0.1) is 0 Å². The fourth-order valence-corrected chi connectivity index (χ4v) is 20.4. The van der Waals surface area contributed by atoms with Crippen molar-refractivity contribution in [1.82, 2.24) is 0 Å². The summed E-state index contributed by atoms with van der Waals surface area (Å²) in [6.45, 7) is 34.1. The van der Waals surface area contributed by atoms with Crippen LogP contribution in [-0.4, -0.2) is 16.5 Å². The highest BCUT2D eigenvalue weighted by Gasteiger charge is 2.46. The van der Waals surface area contributed by atoms with Crippen LogP contribution in [0.15, 0.2) is 369 Å². The Kier molecular flexibility index (Phi) is 23.6. The predicted molar refractivity (Wildman–Crippen MR) is 423 cm³/mol. The lowest BCUT2D eigenvalue weighted by Crippen LogP contribution is -2.40.